The number of nitrogens with one attached hydrogen (secondary N) is 1. The standard InChI is InChI=1S/C16H29NS/c1-12(2)17-11-10-16(6,7)14-9-8-13(18-14)15(3,4)5/h8-9,12,17H,10-11H2,1-7H3. The quantitative estimate of drug-likeness (QED) is 0.814. The van der Waals surface area contributed by atoms with E-state index in [1.807, 2.05) is 11.3 Å². The van der Waals surface area contributed by atoms with Gasteiger partial charge in [0.15, 0.2) is 0 Å². The van der Waals surface area contributed by atoms with Crippen LogP contribution in [0.3, 0.4) is 0 Å². The Morgan fingerprint density at radius 3 is 2.06 bits per heavy atom. The van der Waals surface area contributed by atoms with Crippen molar-refractivity contribution in [3.05, 3.63) is 21.9 Å². The first-order valence-corrected chi connectivity index (χ1v) is 7.79. The number of thiophene rings is 1. The van der Waals surface area contributed by atoms with Crippen molar-refractivity contribution < 1.29 is 0 Å². The summed E-state index contributed by atoms with van der Waals surface area (Å²) in [6.45, 7) is 17.1. The predicted octanol–water partition coefficient (Wildman–Crippen LogP) is 4.71. The fourth-order valence-electron chi connectivity index (χ4n) is 1.90. The van der Waals surface area contributed by atoms with Gasteiger partial charge in [-0.05, 0) is 30.5 Å². The van der Waals surface area contributed by atoms with Crippen molar-refractivity contribution in [1.29, 1.82) is 0 Å². The lowest BCUT2D eigenvalue weighted by atomic mass is 9.87. The lowest BCUT2D eigenvalue weighted by molar-refractivity contribution is 0.448. The molecular formula is C16H29NS. The Labute approximate surface area is 117 Å². The van der Waals surface area contributed by atoms with E-state index in [0.29, 0.717) is 6.04 Å². The van der Waals surface area contributed by atoms with Gasteiger partial charge in [-0.2, -0.15) is 0 Å². The normalized spacial score (nSPS) is 13.3. The summed E-state index contributed by atoms with van der Waals surface area (Å²) in [7, 11) is 0. The van der Waals surface area contributed by atoms with Gasteiger partial charge in [-0.3, -0.25) is 0 Å². The second-order valence-corrected chi connectivity index (χ2v) is 8.24. The van der Waals surface area contributed by atoms with Gasteiger partial charge in [0.1, 0.15) is 0 Å². The van der Waals surface area contributed by atoms with E-state index in [4.69, 9.17) is 0 Å². The van der Waals surface area contributed by atoms with Crippen molar-refractivity contribution in [3.8, 4) is 0 Å². The second kappa shape index (κ2) is 5.75. The highest BCUT2D eigenvalue weighted by Crippen LogP contribution is 2.37. The van der Waals surface area contributed by atoms with Crippen molar-refractivity contribution in [3.63, 3.8) is 0 Å². The van der Waals surface area contributed by atoms with E-state index >= 15 is 0 Å². The summed E-state index contributed by atoms with van der Waals surface area (Å²) in [5, 5.41) is 3.51. The van der Waals surface area contributed by atoms with Crippen LogP contribution in [-0.4, -0.2) is 12.6 Å². The van der Waals surface area contributed by atoms with E-state index in [1.165, 1.54) is 16.2 Å². The first-order chi connectivity index (χ1) is 8.13. The van der Waals surface area contributed by atoms with Crippen LogP contribution >= 0.6 is 11.3 Å². The lowest BCUT2D eigenvalue weighted by Crippen LogP contribution is -2.29. The topological polar surface area (TPSA) is 12.0 Å². The molecule has 0 radical (unpaired) electrons. The maximum atomic E-state index is 3.51. The van der Waals surface area contributed by atoms with Gasteiger partial charge in [0, 0.05) is 21.2 Å². The maximum absolute atomic E-state index is 3.51. The molecular weight excluding hydrogens is 238 g/mol. The molecule has 1 aromatic heterocycles. The predicted molar refractivity (Wildman–Crippen MR) is 83.8 cm³/mol. The molecule has 0 aliphatic heterocycles. The van der Waals surface area contributed by atoms with E-state index in [9.17, 15) is 0 Å². The van der Waals surface area contributed by atoms with Crippen molar-refractivity contribution in [2.24, 2.45) is 0 Å². The van der Waals surface area contributed by atoms with Crippen LogP contribution in [0.15, 0.2) is 12.1 Å². The Balaban J connectivity index is 2.70. The minimum Gasteiger partial charge on any atom is -0.315 e. The van der Waals surface area contributed by atoms with Crippen LogP contribution in [-0.2, 0) is 10.8 Å². The summed E-state index contributed by atoms with van der Waals surface area (Å²) in [6.07, 6.45) is 1.19. The molecule has 1 aromatic rings. The number of hydrogen-bond donors (Lipinski definition) is 1. The smallest absolute Gasteiger partial charge is 0.0105 e. The average Bonchev–Trinajstić information content (AvgIpc) is 2.64. The van der Waals surface area contributed by atoms with Gasteiger partial charge in [-0.15, -0.1) is 11.3 Å². The zero-order valence-electron chi connectivity index (χ0n) is 13.1. The highest BCUT2D eigenvalue weighted by atomic mass is 32.1. The van der Waals surface area contributed by atoms with Crippen molar-refractivity contribution in [2.45, 2.75) is 71.8 Å². The highest BCUT2D eigenvalue weighted by molar-refractivity contribution is 7.12. The first kappa shape index (κ1) is 15.7. The van der Waals surface area contributed by atoms with Gasteiger partial charge >= 0.3 is 0 Å². The molecule has 1 N–H and O–H groups in total. The van der Waals surface area contributed by atoms with Crippen molar-refractivity contribution >= 4 is 11.3 Å². The Bertz CT molecular complexity index is 369. The molecule has 1 nitrogen and oxygen atoms in total. The SMILES string of the molecule is CC(C)NCCC(C)(C)c1ccc(C(C)(C)C)s1. The molecule has 104 valence electrons. The van der Waals surface area contributed by atoms with E-state index < -0.39 is 0 Å². The summed E-state index contributed by atoms with van der Waals surface area (Å²) < 4.78 is 0. The van der Waals surface area contributed by atoms with Crippen LogP contribution in [0.4, 0.5) is 0 Å². The Morgan fingerprint density at radius 1 is 1.06 bits per heavy atom. The molecule has 0 spiro atoms. The van der Waals surface area contributed by atoms with Crippen LogP contribution in [0.2, 0.25) is 0 Å². The monoisotopic (exact) mass is 267 g/mol. The summed E-state index contributed by atoms with van der Waals surface area (Å²) in [5.74, 6) is 0. The fourth-order valence-corrected chi connectivity index (χ4v) is 3.09. The molecule has 0 fully saturated rings. The molecule has 0 atom stereocenters. The van der Waals surface area contributed by atoms with E-state index in [0.717, 1.165) is 6.54 Å². The maximum Gasteiger partial charge on any atom is 0.0105 e. The summed E-state index contributed by atoms with van der Waals surface area (Å²) in [5.41, 5.74) is 0.547. The molecule has 2 heteroatoms. The third kappa shape index (κ3) is 4.40. The lowest BCUT2D eigenvalue weighted by Gasteiger charge is -2.24. The zero-order chi connectivity index (χ0) is 14.0. The summed E-state index contributed by atoms with van der Waals surface area (Å²) in [4.78, 5) is 3.00. The number of hydrogen-bond acceptors (Lipinski definition) is 2. The molecule has 0 aliphatic carbocycles. The van der Waals surface area contributed by atoms with Gasteiger partial charge in [0.25, 0.3) is 0 Å². The third-order valence-electron chi connectivity index (χ3n) is 3.31. The largest absolute Gasteiger partial charge is 0.315 e. The molecule has 18 heavy (non-hydrogen) atoms. The van der Waals surface area contributed by atoms with Crippen LogP contribution in [0.5, 0.6) is 0 Å². The van der Waals surface area contributed by atoms with Gasteiger partial charge < -0.3 is 5.32 Å². The van der Waals surface area contributed by atoms with Crippen molar-refractivity contribution in [1.82, 2.24) is 5.32 Å². The van der Waals surface area contributed by atoms with E-state index in [-0.39, 0.29) is 10.8 Å². The van der Waals surface area contributed by atoms with Gasteiger partial charge in [0.2, 0.25) is 0 Å². The Kier molecular flexibility index (Phi) is 5.02. The summed E-state index contributed by atoms with van der Waals surface area (Å²) in [6, 6.07) is 5.20. The molecule has 0 saturated carbocycles. The average molecular weight is 267 g/mol. The molecule has 0 saturated heterocycles. The van der Waals surface area contributed by atoms with Gasteiger partial charge in [-0.1, -0.05) is 48.5 Å². The van der Waals surface area contributed by atoms with E-state index in [2.05, 4.69) is 65.9 Å². The fraction of sp³-hybridized carbons (Fsp3) is 0.750. The molecule has 0 aliphatic rings. The van der Waals surface area contributed by atoms with Gasteiger partial charge in [0.05, 0.1) is 0 Å². The third-order valence-corrected chi connectivity index (χ3v) is 5.19. The van der Waals surface area contributed by atoms with Crippen LogP contribution in [0.25, 0.3) is 0 Å². The second-order valence-electron chi connectivity index (χ2n) is 7.16. The number of rotatable bonds is 5. The molecule has 1 heterocycles. The molecule has 1 rings (SSSR count). The van der Waals surface area contributed by atoms with Crippen LogP contribution in [0.1, 0.15) is 64.6 Å². The molecule has 0 unspecified atom stereocenters. The first-order valence-electron chi connectivity index (χ1n) is 6.97. The molecule has 0 bridgehead atoms. The van der Waals surface area contributed by atoms with E-state index in [1.54, 1.807) is 0 Å². The minimum atomic E-state index is 0.273. The van der Waals surface area contributed by atoms with Crippen LogP contribution < -0.4 is 5.32 Å². The van der Waals surface area contributed by atoms with Crippen LogP contribution in [0, 0.1) is 0 Å². The minimum absolute atomic E-state index is 0.273. The van der Waals surface area contributed by atoms with Crippen molar-refractivity contribution in [2.75, 3.05) is 6.54 Å². The van der Waals surface area contributed by atoms with Gasteiger partial charge in [-0.25, -0.2) is 0 Å². The highest BCUT2D eigenvalue weighted by Gasteiger charge is 2.25. The zero-order valence-corrected chi connectivity index (χ0v) is 13.9. The Morgan fingerprint density at radius 2 is 1.61 bits per heavy atom. The molecule has 0 aromatic carbocycles. The summed E-state index contributed by atoms with van der Waals surface area (Å²) >= 11 is 1.98. The molecule has 0 amide bonds. The Hall–Kier alpha value is -0.340.